The lowest BCUT2D eigenvalue weighted by Crippen LogP contribution is -2.62. The van der Waals surface area contributed by atoms with Crippen molar-refractivity contribution in [1.29, 1.82) is 0 Å². The van der Waals surface area contributed by atoms with Crippen molar-refractivity contribution >= 4 is 22.9 Å². The molecule has 2 aromatic rings. The van der Waals surface area contributed by atoms with Crippen molar-refractivity contribution < 1.29 is 9.53 Å². The Labute approximate surface area is 173 Å². The number of nitrogens with one attached hydrogen (secondary N) is 2. The van der Waals surface area contributed by atoms with Crippen molar-refractivity contribution in [2.75, 3.05) is 14.2 Å². The number of aromatic amines is 1. The van der Waals surface area contributed by atoms with Gasteiger partial charge in [-0.2, -0.15) is 0 Å². The van der Waals surface area contributed by atoms with Gasteiger partial charge in [-0.1, -0.05) is 24.3 Å². The lowest BCUT2D eigenvalue weighted by molar-refractivity contribution is -0.122. The van der Waals surface area contributed by atoms with Gasteiger partial charge in [-0.15, -0.1) is 0 Å². The third-order valence-corrected chi connectivity index (χ3v) is 6.16. The molecule has 5 nitrogen and oxygen atoms in total. The number of ether oxygens (including phenoxy) is 1. The highest BCUT2D eigenvalue weighted by Gasteiger charge is 2.43. The van der Waals surface area contributed by atoms with E-state index in [-0.39, 0.29) is 23.0 Å². The molecule has 1 aromatic carbocycles. The van der Waals surface area contributed by atoms with Crippen molar-refractivity contribution in [3.8, 4) is 0 Å². The smallest absolute Gasteiger partial charge is 0.286 e. The highest BCUT2D eigenvalue weighted by molar-refractivity contribution is 5.92. The van der Waals surface area contributed by atoms with Crippen molar-refractivity contribution in [2.45, 2.75) is 57.7 Å². The molecular formula is C24H33N3O2. The van der Waals surface area contributed by atoms with E-state index < -0.39 is 0 Å². The summed E-state index contributed by atoms with van der Waals surface area (Å²) in [5, 5.41) is 4.33. The molecule has 1 fully saturated rings. The Bertz CT molecular complexity index is 886. The van der Waals surface area contributed by atoms with Gasteiger partial charge >= 0.3 is 0 Å². The molecule has 29 heavy (non-hydrogen) atoms. The fourth-order valence-corrected chi connectivity index (χ4v) is 4.39. The van der Waals surface area contributed by atoms with E-state index in [9.17, 15) is 4.79 Å². The number of allylic oxidation sites excluding steroid dienone is 2. The van der Waals surface area contributed by atoms with E-state index in [0.29, 0.717) is 5.76 Å². The molecule has 0 atom stereocenters. The van der Waals surface area contributed by atoms with E-state index in [0.717, 1.165) is 29.4 Å². The summed E-state index contributed by atoms with van der Waals surface area (Å²) < 4.78 is 5.35. The molecule has 0 bridgehead atoms. The van der Waals surface area contributed by atoms with Gasteiger partial charge in [0.1, 0.15) is 0 Å². The van der Waals surface area contributed by atoms with Crippen LogP contribution in [0.3, 0.4) is 0 Å². The number of para-hydroxylation sites is 1. The second-order valence-electron chi connectivity index (χ2n) is 9.17. The molecule has 0 spiro atoms. The maximum Gasteiger partial charge on any atom is 0.286 e. The zero-order valence-electron chi connectivity index (χ0n) is 18.4. The Morgan fingerprint density at radius 2 is 1.86 bits per heavy atom. The quantitative estimate of drug-likeness (QED) is 0.446. The molecule has 156 valence electrons. The van der Waals surface area contributed by atoms with Gasteiger partial charge < -0.3 is 15.0 Å². The predicted octanol–water partition coefficient (Wildman–Crippen LogP) is 4.48. The monoisotopic (exact) mass is 395 g/mol. The van der Waals surface area contributed by atoms with E-state index >= 15 is 0 Å². The van der Waals surface area contributed by atoms with Crippen LogP contribution in [-0.4, -0.2) is 47.1 Å². The average molecular weight is 396 g/mol. The van der Waals surface area contributed by atoms with Crippen LogP contribution in [0.2, 0.25) is 0 Å². The lowest BCUT2D eigenvalue weighted by Gasteiger charge is -2.53. The topological polar surface area (TPSA) is 57.4 Å². The summed E-state index contributed by atoms with van der Waals surface area (Å²) in [5.41, 5.74) is 2.11. The third kappa shape index (κ3) is 4.73. The highest BCUT2D eigenvalue weighted by atomic mass is 16.5. The van der Waals surface area contributed by atoms with Crippen molar-refractivity contribution in [3.05, 3.63) is 53.9 Å². The first-order chi connectivity index (χ1) is 13.6. The zero-order chi connectivity index (χ0) is 21.2. The predicted molar refractivity (Wildman–Crippen MR) is 120 cm³/mol. The van der Waals surface area contributed by atoms with Crippen LogP contribution in [0, 0.1) is 0 Å². The zero-order valence-corrected chi connectivity index (χ0v) is 18.4. The Morgan fingerprint density at radius 1 is 1.21 bits per heavy atom. The molecule has 0 aliphatic carbocycles. The van der Waals surface area contributed by atoms with Crippen molar-refractivity contribution in [3.63, 3.8) is 0 Å². The van der Waals surface area contributed by atoms with Crippen LogP contribution < -0.4 is 5.32 Å². The Kier molecular flexibility index (Phi) is 5.90. The molecule has 3 rings (SSSR count). The van der Waals surface area contributed by atoms with Gasteiger partial charge in [-0.3, -0.25) is 9.69 Å². The van der Waals surface area contributed by atoms with Crippen LogP contribution >= 0.6 is 0 Å². The fraction of sp³-hybridized carbons (Fsp3) is 0.458. The molecule has 0 unspecified atom stereocenters. The standard InChI is InChI=1S/C24H33N3O2/c1-23(2)15-19(16-24(3,4)27(23)5)26-22(28)21(29-6)13-9-11-18-14-17-10-7-8-12-20(17)25-18/h7-14,19,25H,15-16H2,1-6H3,(H,26,28). The number of carbonyl (C=O) groups is 1. The van der Waals surface area contributed by atoms with Crippen LogP contribution in [0.15, 0.2) is 48.2 Å². The summed E-state index contributed by atoms with van der Waals surface area (Å²) in [6.45, 7) is 8.90. The number of H-pyrrole nitrogens is 1. The minimum Gasteiger partial charge on any atom is -0.491 e. The van der Waals surface area contributed by atoms with Gasteiger partial charge in [-0.25, -0.2) is 0 Å². The first-order valence-electron chi connectivity index (χ1n) is 10.2. The summed E-state index contributed by atoms with van der Waals surface area (Å²) >= 11 is 0. The van der Waals surface area contributed by atoms with Gasteiger partial charge in [0.15, 0.2) is 5.76 Å². The van der Waals surface area contributed by atoms with Crippen LogP contribution in [0.5, 0.6) is 0 Å². The molecule has 2 heterocycles. The maximum absolute atomic E-state index is 12.8. The number of benzene rings is 1. The van der Waals surface area contributed by atoms with Crippen LogP contribution in [0.4, 0.5) is 0 Å². The second-order valence-corrected chi connectivity index (χ2v) is 9.17. The summed E-state index contributed by atoms with van der Waals surface area (Å²) in [7, 11) is 3.69. The molecule has 1 saturated heterocycles. The molecule has 1 aliphatic rings. The SMILES string of the molecule is COC(=CC=Cc1cc2ccccc2[nH]1)C(=O)NC1CC(C)(C)N(C)C(C)(C)C1. The maximum atomic E-state index is 12.8. The third-order valence-electron chi connectivity index (χ3n) is 6.16. The number of amides is 1. The molecular weight excluding hydrogens is 362 g/mol. The van der Waals surface area contributed by atoms with E-state index in [1.165, 1.54) is 7.11 Å². The largest absolute Gasteiger partial charge is 0.491 e. The lowest BCUT2D eigenvalue weighted by atomic mass is 9.77. The summed E-state index contributed by atoms with van der Waals surface area (Å²) in [4.78, 5) is 18.5. The number of hydrogen-bond donors (Lipinski definition) is 2. The van der Waals surface area contributed by atoms with E-state index in [1.807, 2.05) is 30.4 Å². The molecule has 1 amide bonds. The summed E-state index contributed by atoms with van der Waals surface area (Å²) in [5.74, 6) is 0.141. The van der Waals surface area contributed by atoms with Gasteiger partial charge in [-0.05, 0) is 77.3 Å². The molecule has 0 radical (unpaired) electrons. The minimum absolute atomic E-state index is 0.0200. The summed E-state index contributed by atoms with van der Waals surface area (Å²) in [6.07, 6.45) is 7.30. The first kappa shape index (κ1) is 21.2. The Morgan fingerprint density at radius 3 is 2.48 bits per heavy atom. The number of likely N-dealkylation sites (tertiary alicyclic amines) is 1. The minimum atomic E-state index is -0.171. The number of piperidine rings is 1. The molecule has 1 aromatic heterocycles. The fourth-order valence-electron chi connectivity index (χ4n) is 4.39. The average Bonchev–Trinajstić information content (AvgIpc) is 3.05. The number of nitrogens with zero attached hydrogens (tertiary/aromatic N) is 1. The van der Waals surface area contributed by atoms with Crippen LogP contribution in [0.1, 0.15) is 46.2 Å². The normalized spacial score (nSPS) is 20.3. The van der Waals surface area contributed by atoms with Crippen LogP contribution in [-0.2, 0) is 9.53 Å². The molecule has 1 aliphatic heterocycles. The second kappa shape index (κ2) is 8.07. The highest BCUT2D eigenvalue weighted by Crippen LogP contribution is 2.36. The molecule has 5 heteroatoms. The Hall–Kier alpha value is -2.53. The number of rotatable bonds is 5. The van der Waals surface area contributed by atoms with Crippen molar-refractivity contribution in [1.82, 2.24) is 15.2 Å². The van der Waals surface area contributed by atoms with E-state index in [1.54, 1.807) is 6.08 Å². The van der Waals surface area contributed by atoms with Crippen LogP contribution in [0.25, 0.3) is 17.0 Å². The van der Waals surface area contributed by atoms with E-state index in [2.05, 4.69) is 62.1 Å². The first-order valence-corrected chi connectivity index (χ1v) is 10.2. The number of methoxy groups -OCH3 is 1. The van der Waals surface area contributed by atoms with Gasteiger partial charge in [0.2, 0.25) is 0 Å². The molecule has 2 N–H and O–H groups in total. The van der Waals surface area contributed by atoms with Gasteiger partial charge in [0, 0.05) is 28.3 Å². The Balaban J connectivity index is 1.68. The van der Waals surface area contributed by atoms with Crippen molar-refractivity contribution in [2.24, 2.45) is 0 Å². The number of aromatic nitrogens is 1. The molecule has 0 saturated carbocycles. The van der Waals surface area contributed by atoms with Gasteiger partial charge in [0.05, 0.1) is 7.11 Å². The number of carbonyl (C=O) groups excluding carboxylic acids is 1. The van der Waals surface area contributed by atoms with E-state index in [4.69, 9.17) is 4.74 Å². The number of hydrogen-bond acceptors (Lipinski definition) is 3. The summed E-state index contributed by atoms with van der Waals surface area (Å²) in [6, 6.07) is 10.3. The van der Waals surface area contributed by atoms with Gasteiger partial charge in [0.25, 0.3) is 5.91 Å². The number of fused-ring (bicyclic) bond motifs is 1.